The van der Waals surface area contributed by atoms with Crippen LogP contribution >= 0.6 is 11.6 Å². The summed E-state index contributed by atoms with van der Waals surface area (Å²) in [7, 11) is 0. The average molecular weight is 286 g/mol. The maximum atomic E-state index is 5.93. The summed E-state index contributed by atoms with van der Waals surface area (Å²) in [5.74, 6) is 1.89. The van der Waals surface area contributed by atoms with Crippen LogP contribution in [0.25, 0.3) is 0 Å². The molecule has 0 atom stereocenters. The number of halogens is 1. The monoisotopic (exact) mass is 285 g/mol. The highest BCUT2D eigenvalue weighted by atomic mass is 35.5. The summed E-state index contributed by atoms with van der Waals surface area (Å²) >= 11 is 5.93. The van der Waals surface area contributed by atoms with E-state index in [9.17, 15) is 0 Å². The molecule has 0 fully saturated rings. The van der Waals surface area contributed by atoms with E-state index in [4.69, 9.17) is 21.1 Å². The van der Waals surface area contributed by atoms with Crippen molar-refractivity contribution in [1.29, 1.82) is 0 Å². The maximum Gasteiger partial charge on any atom is 0.123 e. The van der Waals surface area contributed by atoms with Gasteiger partial charge >= 0.3 is 0 Å². The van der Waals surface area contributed by atoms with Gasteiger partial charge in [0.1, 0.15) is 5.75 Å². The second-order valence-electron chi connectivity index (χ2n) is 4.78. The van der Waals surface area contributed by atoms with Crippen molar-refractivity contribution in [3.05, 3.63) is 23.8 Å². The number of ether oxygens (including phenoxy) is 2. The number of hydrogen-bond acceptors (Lipinski definition) is 3. The van der Waals surface area contributed by atoms with Crippen molar-refractivity contribution < 1.29 is 9.47 Å². The smallest absolute Gasteiger partial charge is 0.123 e. The predicted octanol–water partition coefficient (Wildman–Crippen LogP) is 3.91. The molecule has 1 aromatic carbocycles. The Morgan fingerprint density at radius 1 is 1.32 bits per heavy atom. The Bertz CT molecular complexity index is 369. The van der Waals surface area contributed by atoms with Crippen LogP contribution in [0, 0.1) is 5.92 Å². The Balaban J connectivity index is 2.41. The number of nitrogens with one attached hydrogen (secondary N) is 1. The second-order valence-corrected chi connectivity index (χ2v) is 5.05. The lowest BCUT2D eigenvalue weighted by Crippen LogP contribution is -2.12. The Kier molecular flexibility index (Phi) is 7.68. The number of benzene rings is 1. The quantitative estimate of drug-likeness (QED) is 0.551. The van der Waals surface area contributed by atoms with Crippen molar-refractivity contribution in [2.45, 2.75) is 26.7 Å². The number of alkyl halides is 1. The molecule has 19 heavy (non-hydrogen) atoms. The third-order valence-corrected chi connectivity index (χ3v) is 2.82. The molecule has 0 saturated carbocycles. The number of rotatable bonds is 9. The van der Waals surface area contributed by atoms with E-state index < -0.39 is 0 Å². The topological polar surface area (TPSA) is 30.5 Å². The molecule has 0 saturated heterocycles. The number of hydrogen-bond donors (Lipinski definition) is 1. The lowest BCUT2D eigenvalue weighted by Gasteiger charge is -2.12. The molecule has 0 aromatic heterocycles. The zero-order valence-corrected chi connectivity index (χ0v) is 12.8. The molecule has 1 aromatic rings. The molecule has 1 N–H and O–H groups in total. The summed E-state index contributed by atoms with van der Waals surface area (Å²) in [5, 5.41) is 3.32. The highest BCUT2D eigenvalue weighted by Crippen LogP contribution is 2.24. The van der Waals surface area contributed by atoms with E-state index in [1.54, 1.807) is 0 Å². The SMILES string of the molecule is CCOc1ccc(NCCOCC(C)C)cc1CCl. The predicted molar refractivity (Wildman–Crippen MR) is 81.3 cm³/mol. The van der Waals surface area contributed by atoms with Gasteiger partial charge in [-0.15, -0.1) is 11.6 Å². The third kappa shape index (κ3) is 6.17. The Labute approximate surface area is 121 Å². The first-order chi connectivity index (χ1) is 9.17. The third-order valence-electron chi connectivity index (χ3n) is 2.53. The molecular weight excluding hydrogens is 262 g/mol. The summed E-state index contributed by atoms with van der Waals surface area (Å²) in [4.78, 5) is 0. The molecule has 108 valence electrons. The van der Waals surface area contributed by atoms with E-state index in [1.807, 2.05) is 25.1 Å². The van der Waals surface area contributed by atoms with E-state index in [-0.39, 0.29) is 0 Å². The first kappa shape index (κ1) is 16.1. The molecular formula is C15H24ClNO2. The van der Waals surface area contributed by atoms with Crippen molar-refractivity contribution in [2.75, 3.05) is 31.7 Å². The minimum atomic E-state index is 0.453. The summed E-state index contributed by atoms with van der Waals surface area (Å²) in [6.45, 7) is 9.22. The molecule has 0 heterocycles. The number of anilines is 1. The van der Waals surface area contributed by atoms with Crippen LogP contribution in [0.15, 0.2) is 18.2 Å². The van der Waals surface area contributed by atoms with Gasteiger partial charge in [0.2, 0.25) is 0 Å². The van der Waals surface area contributed by atoms with Gasteiger partial charge in [0.15, 0.2) is 0 Å². The van der Waals surface area contributed by atoms with Crippen molar-refractivity contribution in [1.82, 2.24) is 0 Å². The van der Waals surface area contributed by atoms with Crippen LogP contribution in [-0.2, 0) is 10.6 Å². The molecule has 0 aliphatic rings. The van der Waals surface area contributed by atoms with Crippen molar-refractivity contribution in [3.8, 4) is 5.75 Å². The molecule has 0 bridgehead atoms. The molecule has 0 unspecified atom stereocenters. The van der Waals surface area contributed by atoms with Crippen LogP contribution in [0.4, 0.5) is 5.69 Å². The van der Waals surface area contributed by atoms with E-state index >= 15 is 0 Å². The first-order valence-electron chi connectivity index (χ1n) is 6.80. The van der Waals surface area contributed by atoms with Crippen LogP contribution in [0.2, 0.25) is 0 Å². The fraction of sp³-hybridized carbons (Fsp3) is 0.600. The maximum absolute atomic E-state index is 5.93. The average Bonchev–Trinajstić information content (AvgIpc) is 2.39. The lowest BCUT2D eigenvalue weighted by molar-refractivity contribution is 0.118. The van der Waals surface area contributed by atoms with Gasteiger partial charge in [-0.1, -0.05) is 13.8 Å². The molecule has 3 nitrogen and oxygen atoms in total. The Hall–Kier alpha value is -0.930. The molecule has 0 spiro atoms. The Morgan fingerprint density at radius 3 is 2.74 bits per heavy atom. The normalized spacial score (nSPS) is 10.8. The van der Waals surface area contributed by atoms with Gasteiger partial charge in [0.25, 0.3) is 0 Å². The summed E-state index contributed by atoms with van der Waals surface area (Å²) < 4.78 is 11.0. The van der Waals surface area contributed by atoms with Crippen molar-refractivity contribution >= 4 is 17.3 Å². The molecule has 0 aliphatic heterocycles. The van der Waals surface area contributed by atoms with E-state index in [2.05, 4.69) is 19.2 Å². The molecule has 0 radical (unpaired) electrons. The minimum Gasteiger partial charge on any atom is -0.494 e. The molecule has 0 amide bonds. The second kappa shape index (κ2) is 9.05. The highest BCUT2D eigenvalue weighted by Gasteiger charge is 2.03. The van der Waals surface area contributed by atoms with E-state index in [1.165, 1.54) is 0 Å². The van der Waals surface area contributed by atoms with Crippen molar-refractivity contribution in [2.24, 2.45) is 5.92 Å². The zero-order chi connectivity index (χ0) is 14.1. The van der Waals surface area contributed by atoms with Crippen LogP contribution in [0.3, 0.4) is 0 Å². The van der Waals surface area contributed by atoms with Gasteiger partial charge in [0.05, 0.1) is 19.1 Å². The van der Waals surface area contributed by atoms with Gasteiger partial charge in [-0.3, -0.25) is 0 Å². The molecule has 4 heteroatoms. The van der Waals surface area contributed by atoms with Crippen LogP contribution in [-0.4, -0.2) is 26.4 Å². The Morgan fingerprint density at radius 2 is 2.11 bits per heavy atom. The van der Waals surface area contributed by atoms with Gasteiger partial charge in [-0.05, 0) is 31.0 Å². The van der Waals surface area contributed by atoms with Gasteiger partial charge in [-0.25, -0.2) is 0 Å². The summed E-state index contributed by atoms with van der Waals surface area (Å²) in [5.41, 5.74) is 2.06. The van der Waals surface area contributed by atoms with Gasteiger partial charge < -0.3 is 14.8 Å². The summed E-state index contributed by atoms with van der Waals surface area (Å²) in [6, 6.07) is 5.99. The van der Waals surface area contributed by atoms with Crippen molar-refractivity contribution in [3.63, 3.8) is 0 Å². The van der Waals surface area contributed by atoms with Gasteiger partial charge in [0, 0.05) is 24.4 Å². The largest absolute Gasteiger partial charge is 0.494 e. The standard InChI is InChI=1S/C15H24ClNO2/c1-4-19-15-6-5-14(9-13(15)10-16)17-7-8-18-11-12(2)3/h5-6,9,12,17H,4,7-8,10-11H2,1-3H3. The van der Waals surface area contributed by atoms with Crippen LogP contribution in [0.1, 0.15) is 26.3 Å². The minimum absolute atomic E-state index is 0.453. The first-order valence-corrected chi connectivity index (χ1v) is 7.34. The van der Waals surface area contributed by atoms with Crippen LogP contribution < -0.4 is 10.1 Å². The van der Waals surface area contributed by atoms with Crippen LogP contribution in [0.5, 0.6) is 5.75 Å². The summed E-state index contributed by atoms with van der Waals surface area (Å²) in [6.07, 6.45) is 0. The zero-order valence-electron chi connectivity index (χ0n) is 12.0. The van der Waals surface area contributed by atoms with E-state index in [0.717, 1.165) is 30.2 Å². The fourth-order valence-electron chi connectivity index (χ4n) is 1.68. The lowest BCUT2D eigenvalue weighted by atomic mass is 10.2. The van der Waals surface area contributed by atoms with E-state index in [0.29, 0.717) is 25.0 Å². The van der Waals surface area contributed by atoms with Gasteiger partial charge in [-0.2, -0.15) is 0 Å². The molecule has 1 rings (SSSR count). The highest BCUT2D eigenvalue weighted by molar-refractivity contribution is 6.17. The molecule has 0 aliphatic carbocycles. The fourth-order valence-corrected chi connectivity index (χ4v) is 1.89.